The number of rotatable bonds is 4. The van der Waals surface area contributed by atoms with Crippen molar-refractivity contribution in [2.75, 3.05) is 0 Å². The van der Waals surface area contributed by atoms with E-state index < -0.39 is 4.92 Å². The van der Waals surface area contributed by atoms with Gasteiger partial charge in [-0.15, -0.1) is 0 Å². The lowest BCUT2D eigenvalue weighted by molar-refractivity contribution is -0.384. The molecule has 0 radical (unpaired) electrons. The maximum Gasteiger partial charge on any atom is 0.280 e. The predicted molar refractivity (Wildman–Crippen MR) is 99.5 cm³/mol. The Morgan fingerprint density at radius 1 is 0.769 bits per heavy atom. The lowest BCUT2D eigenvalue weighted by Crippen LogP contribution is -1.92. The van der Waals surface area contributed by atoms with Crippen molar-refractivity contribution in [3.8, 4) is 33.7 Å². The number of benzene rings is 3. The van der Waals surface area contributed by atoms with Crippen molar-refractivity contribution < 1.29 is 9.45 Å². The van der Waals surface area contributed by atoms with Crippen LogP contribution in [0.15, 0.2) is 89.5 Å². The van der Waals surface area contributed by atoms with Crippen LogP contribution in [0.3, 0.4) is 0 Å². The van der Waals surface area contributed by atoms with Gasteiger partial charge in [0.25, 0.3) is 5.69 Å². The van der Waals surface area contributed by atoms with Crippen molar-refractivity contribution in [1.29, 1.82) is 0 Å². The number of hydrogen-bond acceptors (Lipinski definition) is 4. The molecule has 0 spiro atoms. The van der Waals surface area contributed by atoms with Gasteiger partial charge in [-0.25, -0.2) is 0 Å². The standard InChI is InChI=1S/C21H14N2O3/c24-23(25)18-14-8-7-13-17(18)21-19(15-9-3-1-4-10-15)20(22-26-21)16-11-5-2-6-12-16/h1-14H. The quantitative estimate of drug-likeness (QED) is 0.358. The molecule has 0 bridgehead atoms. The van der Waals surface area contributed by atoms with Gasteiger partial charge in [0.2, 0.25) is 0 Å². The second-order valence-electron chi connectivity index (χ2n) is 5.74. The molecule has 0 N–H and O–H groups in total. The first-order valence-corrected chi connectivity index (χ1v) is 8.10. The maximum absolute atomic E-state index is 11.5. The third-order valence-corrected chi connectivity index (χ3v) is 4.15. The Bertz CT molecular complexity index is 1060. The van der Waals surface area contributed by atoms with E-state index in [0.717, 1.165) is 16.7 Å². The maximum atomic E-state index is 11.5. The highest BCUT2D eigenvalue weighted by atomic mass is 16.6. The van der Waals surface area contributed by atoms with Crippen LogP contribution in [-0.2, 0) is 0 Å². The summed E-state index contributed by atoms with van der Waals surface area (Å²) in [6, 6.07) is 25.8. The number of para-hydroxylation sites is 1. The predicted octanol–water partition coefficient (Wildman–Crippen LogP) is 5.58. The molecule has 0 unspecified atom stereocenters. The van der Waals surface area contributed by atoms with Crippen LogP contribution in [0.25, 0.3) is 33.7 Å². The first-order chi connectivity index (χ1) is 12.8. The van der Waals surface area contributed by atoms with Crippen molar-refractivity contribution in [3.63, 3.8) is 0 Å². The molecular formula is C21H14N2O3. The van der Waals surface area contributed by atoms with E-state index in [9.17, 15) is 10.1 Å². The lowest BCUT2D eigenvalue weighted by atomic mass is 9.96. The first-order valence-electron chi connectivity index (χ1n) is 8.10. The molecule has 5 heteroatoms. The molecule has 26 heavy (non-hydrogen) atoms. The smallest absolute Gasteiger partial charge is 0.280 e. The van der Waals surface area contributed by atoms with Crippen LogP contribution >= 0.6 is 0 Å². The molecule has 0 aliphatic carbocycles. The normalized spacial score (nSPS) is 10.6. The lowest BCUT2D eigenvalue weighted by Gasteiger charge is -2.05. The minimum atomic E-state index is -0.408. The molecule has 0 aliphatic rings. The molecule has 3 aromatic carbocycles. The van der Waals surface area contributed by atoms with Gasteiger partial charge in [-0.2, -0.15) is 0 Å². The van der Waals surface area contributed by atoms with Gasteiger partial charge in [-0.05, 0) is 11.6 Å². The van der Waals surface area contributed by atoms with Gasteiger partial charge in [-0.1, -0.05) is 78.0 Å². The van der Waals surface area contributed by atoms with Gasteiger partial charge in [0.1, 0.15) is 5.69 Å². The summed E-state index contributed by atoms with van der Waals surface area (Å²) in [7, 11) is 0. The van der Waals surface area contributed by atoms with E-state index in [2.05, 4.69) is 5.16 Å². The van der Waals surface area contributed by atoms with E-state index in [1.165, 1.54) is 6.07 Å². The van der Waals surface area contributed by atoms with Crippen molar-refractivity contribution in [3.05, 3.63) is 95.0 Å². The van der Waals surface area contributed by atoms with E-state index in [-0.39, 0.29) is 5.69 Å². The van der Waals surface area contributed by atoms with Gasteiger partial charge in [0.05, 0.1) is 16.1 Å². The molecule has 0 atom stereocenters. The highest BCUT2D eigenvalue weighted by Crippen LogP contribution is 2.42. The Morgan fingerprint density at radius 2 is 1.35 bits per heavy atom. The van der Waals surface area contributed by atoms with E-state index in [4.69, 9.17) is 4.52 Å². The monoisotopic (exact) mass is 342 g/mol. The van der Waals surface area contributed by atoms with Crippen LogP contribution in [-0.4, -0.2) is 10.1 Å². The fourth-order valence-electron chi connectivity index (χ4n) is 2.96. The molecular weight excluding hydrogens is 328 g/mol. The fourth-order valence-corrected chi connectivity index (χ4v) is 2.96. The Morgan fingerprint density at radius 3 is 2.00 bits per heavy atom. The zero-order chi connectivity index (χ0) is 17.9. The van der Waals surface area contributed by atoms with Crippen LogP contribution in [0.5, 0.6) is 0 Å². The largest absolute Gasteiger partial charge is 0.355 e. The first kappa shape index (κ1) is 15.8. The van der Waals surface area contributed by atoms with Crippen molar-refractivity contribution in [2.45, 2.75) is 0 Å². The summed E-state index contributed by atoms with van der Waals surface area (Å²) in [5.74, 6) is 0.391. The summed E-state index contributed by atoms with van der Waals surface area (Å²) in [6.07, 6.45) is 0. The highest BCUT2D eigenvalue weighted by Gasteiger charge is 2.25. The van der Waals surface area contributed by atoms with Crippen molar-refractivity contribution in [2.24, 2.45) is 0 Å². The van der Waals surface area contributed by atoms with Crippen LogP contribution in [0.2, 0.25) is 0 Å². The molecule has 1 aromatic heterocycles. The van der Waals surface area contributed by atoms with Gasteiger partial charge in [0.15, 0.2) is 5.76 Å². The second kappa shape index (κ2) is 6.64. The number of hydrogen-bond donors (Lipinski definition) is 0. The Labute approximate surface area is 149 Å². The topological polar surface area (TPSA) is 69.2 Å². The Hall–Kier alpha value is -3.73. The van der Waals surface area contributed by atoms with Gasteiger partial charge < -0.3 is 4.52 Å². The van der Waals surface area contributed by atoms with Gasteiger partial charge in [0, 0.05) is 11.6 Å². The molecule has 0 amide bonds. The summed E-state index contributed by atoms with van der Waals surface area (Å²) in [4.78, 5) is 11.1. The average Bonchev–Trinajstić information content (AvgIpc) is 3.14. The summed E-state index contributed by atoms with van der Waals surface area (Å²) >= 11 is 0. The van der Waals surface area contributed by atoms with Crippen LogP contribution < -0.4 is 0 Å². The molecule has 0 aliphatic heterocycles. The van der Waals surface area contributed by atoms with Crippen LogP contribution in [0.1, 0.15) is 0 Å². The summed E-state index contributed by atoms with van der Waals surface area (Å²) in [5.41, 5.74) is 3.57. The van der Waals surface area contributed by atoms with Gasteiger partial charge in [-0.3, -0.25) is 10.1 Å². The van der Waals surface area contributed by atoms with Crippen LogP contribution in [0.4, 0.5) is 5.69 Å². The minimum absolute atomic E-state index is 0.0135. The van der Waals surface area contributed by atoms with Crippen molar-refractivity contribution >= 4 is 5.69 Å². The number of nitro benzene ring substituents is 1. The number of aromatic nitrogens is 1. The summed E-state index contributed by atoms with van der Waals surface area (Å²) in [5, 5.41) is 15.7. The van der Waals surface area contributed by atoms with E-state index in [1.807, 2.05) is 60.7 Å². The molecule has 126 valence electrons. The molecule has 0 saturated carbocycles. The van der Waals surface area contributed by atoms with Gasteiger partial charge >= 0.3 is 0 Å². The molecule has 1 heterocycles. The highest BCUT2D eigenvalue weighted by molar-refractivity contribution is 5.92. The average molecular weight is 342 g/mol. The molecule has 4 aromatic rings. The fraction of sp³-hybridized carbons (Fsp3) is 0. The zero-order valence-corrected chi connectivity index (χ0v) is 13.7. The Kier molecular flexibility index (Phi) is 4.03. The van der Waals surface area contributed by atoms with E-state index in [0.29, 0.717) is 17.0 Å². The Balaban J connectivity index is 2.01. The summed E-state index contributed by atoms with van der Waals surface area (Å²) in [6.45, 7) is 0. The summed E-state index contributed by atoms with van der Waals surface area (Å²) < 4.78 is 5.63. The SMILES string of the molecule is O=[N+]([O-])c1ccccc1-c1onc(-c2ccccc2)c1-c1ccccc1. The molecule has 0 saturated heterocycles. The second-order valence-corrected chi connectivity index (χ2v) is 5.74. The third kappa shape index (κ3) is 2.75. The molecule has 5 nitrogen and oxygen atoms in total. The number of nitrogens with zero attached hydrogens (tertiary/aromatic N) is 2. The number of nitro groups is 1. The van der Waals surface area contributed by atoms with Crippen LogP contribution in [0, 0.1) is 10.1 Å². The third-order valence-electron chi connectivity index (χ3n) is 4.15. The molecule has 0 fully saturated rings. The van der Waals surface area contributed by atoms with E-state index >= 15 is 0 Å². The minimum Gasteiger partial charge on any atom is -0.355 e. The van der Waals surface area contributed by atoms with E-state index in [1.54, 1.807) is 18.2 Å². The zero-order valence-electron chi connectivity index (χ0n) is 13.7. The molecule has 4 rings (SSSR count). The van der Waals surface area contributed by atoms with Crippen molar-refractivity contribution in [1.82, 2.24) is 5.16 Å².